The summed E-state index contributed by atoms with van der Waals surface area (Å²) >= 11 is 0. The SMILES string of the molecule is CCCn1cc(S(=O)(=O)Nc2ncc(N)cc2C)nc1C. The third-order valence-corrected chi connectivity index (χ3v) is 4.23. The van der Waals surface area contributed by atoms with Gasteiger partial charge in [-0.25, -0.2) is 9.97 Å². The lowest BCUT2D eigenvalue weighted by molar-refractivity contribution is 0.597. The van der Waals surface area contributed by atoms with Gasteiger partial charge in [0.05, 0.1) is 11.9 Å². The number of hydrogen-bond acceptors (Lipinski definition) is 5. The topological polar surface area (TPSA) is 103 Å². The highest BCUT2D eigenvalue weighted by Crippen LogP contribution is 2.19. The van der Waals surface area contributed by atoms with Crippen LogP contribution in [0.5, 0.6) is 0 Å². The van der Waals surface area contributed by atoms with Crippen molar-refractivity contribution in [3.8, 4) is 0 Å². The number of aromatic nitrogens is 3. The van der Waals surface area contributed by atoms with Crippen molar-refractivity contribution >= 4 is 21.5 Å². The first-order valence-electron chi connectivity index (χ1n) is 6.62. The van der Waals surface area contributed by atoms with Gasteiger partial charge in [0.2, 0.25) is 0 Å². The monoisotopic (exact) mass is 309 g/mol. The number of rotatable bonds is 5. The van der Waals surface area contributed by atoms with Crippen molar-refractivity contribution in [1.82, 2.24) is 14.5 Å². The second-order valence-electron chi connectivity index (χ2n) is 4.86. The molecule has 2 rings (SSSR count). The molecule has 0 aromatic carbocycles. The summed E-state index contributed by atoms with van der Waals surface area (Å²) in [5, 5.41) is -0.00789. The number of aryl methyl sites for hydroxylation is 3. The summed E-state index contributed by atoms with van der Waals surface area (Å²) in [4.78, 5) is 8.11. The van der Waals surface area contributed by atoms with Crippen LogP contribution in [0.15, 0.2) is 23.5 Å². The molecule has 0 saturated heterocycles. The maximum atomic E-state index is 12.4. The van der Waals surface area contributed by atoms with Gasteiger partial charge in [0.25, 0.3) is 10.0 Å². The Morgan fingerprint density at radius 3 is 2.71 bits per heavy atom. The number of nitrogens with one attached hydrogen (secondary N) is 1. The average molecular weight is 309 g/mol. The summed E-state index contributed by atoms with van der Waals surface area (Å²) in [5.41, 5.74) is 6.74. The van der Waals surface area contributed by atoms with Gasteiger partial charge >= 0.3 is 0 Å². The molecule has 0 amide bonds. The molecule has 0 fully saturated rings. The van der Waals surface area contributed by atoms with Crippen LogP contribution >= 0.6 is 0 Å². The van der Waals surface area contributed by atoms with Crippen LogP contribution in [-0.2, 0) is 16.6 Å². The minimum absolute atomic E-state index is 0.00789. The summed E-state index contributed by atoms with van der Waals surface area (Å²) in [6.45, 7) is 6.27. The number of anilines is 2. The molecule has 2 aromatic heterocycles. The van der Waals surface area contributed by atoms with Crippen LogP contribution in [0.3, 0.4) is 0 Å². The molecular weight excluding hydrogens is 290 g/mol. The summed E-state index contributed by atoms with van der Waals surface area (Å²) < 4.78 is 29.0. The number of pyridine rings is 1. The highest BCUT2D eigenvalue weighted by atomic mass is 32.2. The van der Waals surface area contributed by atoms with E-state index in [2.05, 4.69) is 14.7 Å². The second-order valence-corrected chi connectivity index (χ2v) is 6.49. The Hall–Kier alpha value is -2.09. The Labute approximate surface area is 124 Å². The Bertz CT molecular complexity index is 752. The van der Waals surface area contributed by atoms with Gasteiger partial charge in [-0.1, -0.05) is 6.92 Å². The molecule has 3 N–H and O–H groups in total. The van der Waals surface area contributed by atoms with Gasteiger partial charge in [-0.3, -0.25) is 4.72 Å². The van der Waals surface area contributed by atoms with Crippen LogP contribution in [0.2, 0.25) is 0 Å². The Balaban J connectivity index is 2.32. The number of hydrogen-bond donors (Lipinski definition) is 2. The Kier molecular flexibility index (Phi) is 4.17. The zero-order chi connectivity index (χ0) is 15.6. The van der Waals surface area contributed by atoms with Gasteiger partial charge in [0.15, 0.2) is 5.03 Å². The summed E-state index contributed by atoms with van der Waals surface area (Å²) in [5.74, 6) is 0.922. The summed E-state index contributed by atoms with van der Waals surface area (Å²) in [6, 6.07) is 1.66. The molecule has 7 nitrogen and oxygen atoms in total. The van der Waals surface area contributed by atoms with E-state index in [0.29, 0.717) is 17.1 Å². The molecule has 0 aliphatic carbocycles. The largest absolute Gasteiger partial charge is 0.397 e. The van der Waals surface area contributed by atoms with Gasteiger partial charge in [-0.15, -0.1) is 0 Å². The number of sulfonamides is 1. The van der Waals surface area contributed by atoms with E-state index in [4.69, 9.17) is 5.73 Å². The predicted octanol–water partition coefficient (Wildman–Crippen LogP) is 1.69. The van der Waals surface area contributed by atoms with Gasteiger partial charge in [-0.2, -0.15) is 8.42 Å². The first kappa shape index (κ1) is 15.3. The molecule has 0 spiro atoms. The molecule has 8 heteroatoms. The van der Waals surface area contributed by atoms with E-state index in [9.17, 15) is 8.42 Å². The van der Waals surface area contributed by atoms with Crippen LogP contribution in [0.1, 0.15) is 24.7 Å². The van der Waals surface area contributed by atoms with Crippen molar-refractivity contribution in [2.45, 2.75) is 38.8 Å². The molecule has 21 heavy (non-hydrogen) atoms. The van der Waals surface area contributed by atoms with E-state index in [0.717, 1.165) is 13.0 Å². The van der Waals surface area contributed by atoms with Crippen molar-refractivity contribution in [2.24, 2.45) is 0 Å². The van der Waals surface area contributed by atoms with Crippen molar-refractivity contribution < 1.29 is 8.42 Å². The van der Waals surface area contributed by atoms with Crippen LogP contribution < -0.4 is 10.5 Å². The lowest BCUT2D eigenvalue weighted by Crippen LogP contribution is -2.15. The van der Waals surface area contributed by atoms with Crippen LogP contribution in [-0.4, -0.2) is 23.0 Å². The van der Waals surface area contributed by atoms with Gasteiger partial charge < -0.3 is 10.3 Å². The molecular formula is C13H19N5O2S. The summed E-state index contributed by atoms with van der Waals surface area (Å²) in [7, 11) is -3.75. The molecule has 0 aliphatic heterocycles. The molecule has 0 atom stereocenters. The molecule has 0 bridgehead atoms. The highest BCUT2D eigenvalue weighted by Gasteiger charge is 2.20. The molecule has 2 heterocycles. The fourth-order valence-electron chi connectivity index (χ4n) is 1.96. The number of nitrogens with zero attached hydrogens (tertiary/aromatic N) is 3. The smallest absolute Gasteiger partial charge is 0.282 e. The third-order valence-electron chi connectivity index (χ3n) is 3.02. The van der Waals surface area contributed by atoms with Crippen molar-refractivity contribution in [1.29, 1.82) is 0 Å². The molecule has 2 aromatic rings. The molecule has 114 valence electrons. The van der Waals surface area contributed by atoms with E-state index in [1.807, 2.05) is 11.5 Å². The van der Waals surface area contributed by atoms with E-state index < -0.39 is 10.0 Å². The maximum Gasteiger partial charge on any atom is 0.282 e. The first-order valence-corrected chi connectivity index (χ1v) is 8.10. The average Bonchev–Trinajstić information content (AvgIpc) is 2.76. The third kappa shape index (κ3) is 3.33. The highest BCUT2D eigenvalue weighted by molar-refractivity contribution is 7.92. The zero-order valence-electron chi connectivity index (χ0n) is 12.3. The second kappa shape index (κ2) is 5.72. The maximum absolute atomic E-state index is 12.4. The first-order chi connectivity index (χ1) is 9.83. The Morgan fingerprint density at radius 1 is 1.38 bits per heavy atom. The standard InChI is InChI=1S/C13H19N5O2S/c1-4-5-18-8-12(16-10(18)3)21(19,20)17-13-9(2)6-11(14)7-15-13/h6-8H,4-5,14H2,1-3H3,(H,15,17). The molecule has 0 saturated carbocycles. The lowest BCUT2D eigenvalue weighted by Gasteiger charge is -2.08. The lowest BCUT2D eigenvalue weighted by atomic mass is 10.3. The minimum atomic E-state index is -3.75. The minimum Gasteiger partial charge on any atom is -0.397 e. The summed E-state index contributed by atoms with van der Waals surface area (Å²) in [6.07, 6.45) is 3.85. The van der Waals surface area contributed by atoms with Crippen molar-refractivity contribution in [3.63, 3.8) is 0 Å². The fraction of sp³-hybridized carbons (Fsp3) is 0.385. The zero-order valence-corrected chi connectivity index (χ0v) is 13.1. The molecule has 0 radical (unpaired) electrons. The van der Waals surface area contributed by atoms with Gasteiger partial charge in [0, 0.05) is 12.7 Å². The normalized spacial score (nSPS) is 11.6. The van der Waals surface area contributed by atoms with Crippen molar-refractivity contribution in [2.75, 3.05) is 10.5 Å². The van der Waals surface area contributed by atoms with Crippen LogP contribution in [0, 0.1) is 13.8 Å². The van der Waals surface area contributed by atoms with E-state index in [-0.39, 0.29) is 10.8 Å². The molecule has 0 unspecified atom stereocenters. The predicted molar refractivity (Wildman–Crippen MR) is 81.4 cm³/mol. The molecule has 0 aliphatic rings. The van der Waals surface area contributed by atoms with Crippen LogP contribution in [0.4, 0.5) is 11.5 Å². The number of nitrogen functional groups attached to an aromatic ring is 1. The van der Waals surface area contributed by atoms with Gasteiger partial charge in [-0.05, 0) is 31.9 Å². The van der Waals surface area contributed by atoms with Crippen molar-refractivity contribution in [3.05, 3.63) is 29.8 Å². The van der Waals surface area contributed by atoms with Crippen LogP contribution in [0.25, 0.3) is 0 Å². The number of nitrogens with two attached hydrogens (primary N) is 1. The van der Waals surface area contributed by atoms with E-state index in [1.54, 1.807) is 19.9 Å². The van der Waals surface area contributed by atoms with Gasteiger partial charge in [0.1, 0.15) is 11.6 Å². The van der Waals surface area contributed by atoms with E-state index in [1.165, 1.54) is 12.4 Å². The fourth-order valence-corrected chi connectivity index (χ4v) is 3.05. The quantitative estimate of drug-likeness (QED) is 0.874. The van der Waals surface area contributed by atoms with E-state index >= 15 is 0 Å². The Morgan fingerprint density at radius 2 is 2.10 bits per heavy atom. The number of imidazole rings is 1.